The molecule has 2 rings (SSSR count). The first-order valence-corrected chi connectivity index (χ1v) is 25.7. The van der Waals surface area contributed by atoms with Crippen LogP contribution in [-0.4, -0.2) is 185 Å². The topological polar surface area (TPSA) is 435 Å². The van der Waals surface area contributed by atoms with Gasteiger partial charge in [-0.2, -0.15) is 0 Å². The van der Waals surface area contributed by atoms with Crippen LogP contribution in [0.4, 0.5) is 0 Å². The van der Waals surface area contributed by atoms with E-state index < -0.39 is 157 Å². The van der Waals surface area contributed by atoms with E-state index in [2.05, 4.69) is 47.9 Å². The van der Waals surface area contributed by atoms with Gasteiger partial charge in [0.05, 0.1) is 26.1 Å². The average molecular weight is 1050 g/mol. The molecule has 9 unspecified atom stereocenters. The normalized spacial score (nSPS) is 21.9. The van der Waals surface area contributed by atoms with Crippen LogP contribution in [0.5, 0.6) is 0 Å². The molecule has 27 nitrogen and oxygen atoms in total. The van der Waals surface area contributed by atoms with Gasteiger partial charge in [0.1, 0.15) is 54.4 Å². The second-order valence-electron chi connectivity index (χ2n) is 17.8. The van der Waals surface area contributed by atoms with Crippen molar-refractivity contribution in [2.75, 3.05) is 44.3 Å². The van der Waals surface area contributed by atoms with Crippen molar-refractivity contribution >= 4 is 92.5 Å². The Labute approximate surface area is 419 Å². The first kappa shape index (κ1) is 61.3. The van der Waals surface area contributed by atoms with Gasteiger partial charge in [-0.15, -0.1) is 0 Å². The number of hydrogen-bond donors (Lipinski definition) is 14. The number of aliphatic hydroxyl groups excluding tert-OH is 1. The number of amides is 11. The van der Waals surface area contributed by atoms with E-state index in [9.17, 15) is 67.7 Å². The number of carboxylic acids is 1. The number of carbonyl (C=O) groups excluding carboxylic acids is 11. The van der Waals surface area contributed by atoms with Crippen LogP contribution in [0.15, 0.2) is 0 Å². The first-order valence-electron chi connectivity index (χ1n) is 23.2. The summed E-state index contributed by atoms with van der Waals surface area (Å²) in [6, 6.07) is -12.1. The second-order valence-corrected chi connectivity index (χ2v) is 20.3. The number of hydrogen-bond acceptors (Lipinski definition) is 17. The van der Waals surface area contributed by atoms with Gasteiger partial charge in [0, 0.05) is 18.1 Å². The summed E-state index contributed by atoms with van der Waals surface area (Å²) in [4.78, 5) is 160. The van der Waals surface area contributed by atoms with E-state index in [0.717, 1.165) is 21.6 Å². The molecular formula is C42H71N13O14S2. The van der Waals surface area contributed by atoms with Crippen molar-refractivity contribution < 1.29 is 67.7 Å². The maximum absolute atomic E-state index is 14.5. The Morgan fingerprint density at radius 1 is 0.789 bits per heavy atom. The van der Waals surface area contributed by atoms with Crippen molar-refractivity contribution in [2.45, 2.75) is 134 Å². The number of aliphatic hydroxyl groups is 1. The lowest BCUT2D eigenvalue weighted by atomic mass is 10.0. The maximum atomic E-state index is 14.5. The van der Waals surface area contributed by atoms with Crippen LogP contribution in [0.25, 0.3) is 0 Å². The molecule has 17 N–H and O–H groups in total. The smallest absolute Gasteiger partial charge is 0.326 e. The summed E-state index contributed by atoms with van der Waals surface area (Å²) in [6.07, 6.45) is 0.748. The number of nitrogens with two attached hydrogens (primary N) is 3. The molecule has 2 saturated heterocycles. The minimum atomic E-state index is -1.66. The highest BCUT2D eigenvalue weighted by Crippen LogP contribution is 2.26. The number of fused-ring (bicyclic) bond motifs is 1. The number of carbonyl (C=O) groups is 12. The van der Waals surface area contributed by atoms with Crippen LogP contribution in [0.3, 0.4) is 0 Å². The van der Waals surface area contributed by atoms with Crippen molar-refractivity contribution in [3.8, 4) is 0 Å². The van der Waals surface area contributed by atoms with Crippen LogP contribution in [-0.2, 0) is 57.5 Å². The zero-order valence-electron chi connectivity index (χ0n) is 40.5. The average Bonchev–Trinajstić information content (AvgIpc) is 3.80. The molecule has 2 aliphatic rings. The highest BCUT2D eigenvalue weighted by molar-refractivity contribution is 8.76. The second kappa shape index (κ2) is 30.8. The molecule has 400 valence electrons. The summed E-state index contributed by atoms with van der Waals surface area (Å²) >= 11 is 0. The first-order chi connectivity index (χ1) is 33.4. The third kappa shape index (κ3) is 21.2. The van der Waals surface area contributed by atoms with Gasteiger partial charge in [-0.05, 0) is 63.8 Å². The largest absolute Gasteiger partial charge is 0.480 e. The fourth-order valence-corrected chi connectivity index (χ4v) is 9.41. The Morgan fingerprint density at radius 3 is 2.04 bits per heavy atom. The van der Waals surface area contributed by atoms with Crippen molar-refractivity contribution in [1.82, 2.24) is 52.8 Å². The van der Waals surface area contributed by atoms with Crippen LogP contribution in [0.2, 0.25) is 0 Å². The molecule has 0 aromatic carbocycles. The lowest BCUT2D eigenvalue weighted by Gasteiger charge is -2.30. The van der Waals surface area contributed by atoms with Crippen LogP contribution < -0.4 is 65.1 Å². The van der Waals surface area contributed by atoms with E-state index in [1.54, 1.807) is 13.8 Å². The number of nitrogens with zero attached hydrogens (tertiary/aromatic N) is 1. The Kier molecular flexibility index (Phi) is 26.6. The van der Waals surface area contributed by atoms with Crippen molar-refractivity contribution in [1.29, 1.82) is 0 Å². The molecule has 0 aromatic rings. The molecule has 29 heteroatoms. The summed E-state index contributed by atoms with van der Waals surface area (Å²) in [5, 5.41) is 41.1. The van der Waals surface area contributed by atoms with Crippen molar-refractivity contribution in [3.63, 3.8) is 0 Å². The summed E-state index contributed by atoms with van der Waals surface area (Å²) in [7, 11) is 1.86. The molecule has 0 saturated carbocycles. The Bertz CT molecular complexity index is 1930. The van der Waals surface area contributed by atoms with E-state index in [4.69, 9.17) is 17.2 Å². The van der Waals surface area contributed by atoms with Gasteiger partial charge in [-0.25, -0.2) is 4.79 Å². The highest BCUT2D eigenvalue weighted by atomic mass is 33.1. The lowest BCUT2D eigenvalue weighted by Crippen LogP contribution is -2.60. The number of rotatable bonds is 21. The predicted octanol–water partition coefficient (Wildman–Crippen LogP) is -5.87. The predicted molar refractivity (Wildman–Crippen MR) is 259 cm³/mol. The monoisotopic (exact) mass is 1050 g/mol. The molecule has 0 spiro atoms. The molecule has 0 radical (unpaired) electrons. The third-order valence-electron chi connectivity index (χ3n) is 11.0. The summed E-state index contributed by atoms with van der Waals surface area (Å²) in [6.45, 7) is 6.26. The number of primary amides is 1. The Hall–Kier alpha value is -5.78. The number of nitrogens with one attached hydrogen (secondary N) is 9. The Morgan fingerprint density at radius 2 is 1.44 bits per heavy atom. The van der Waals surface area contributed by atoms with Crippen LogP contribution in [0.1, 0.15) is 79.6 Å². The fraction of sp³-hybridized carbons (Fsp3) is 0.714. The lowest BCUT2D eigenvalue weighted by molar-refractivity contribution is -0.143. The van der Waals surface area contributed by atoms with E-state index in [-0.39, 0.29) is 49.8 Å². The third-order valence-corrected chi connectivity index (χ3v) is 13.4. The SMILES string of the molecule is CC(C)CC(NC(=O)C(CCCCN)NC(=O)C(C)NC(=O)C(N)CO)C(=O)NC1CSSCC(C(=O)NC(C(=O)O)C(C)C)NC(=O)C(CC(N)=O)NC(=O)CNC(=O)CNC(=O)C2CCCN2C1=O. The van der Waals surface area contributed by atoms with Gasteiger partial charge in [-0.1, -0.05) is 49.3 Å². The maximum Gasteiger partial charge on any atom is 0.326 e. The molecule has 0 aliphatic carbocycles. The quantitative estimate of drug-likeness (QED) is 0.0376. The van der Waals surface area contributed by atoms with Gasteiger partial charge < -0.3 is 80.2 Å². The summed E-state index contributed by atoms with van der Waals surface area (Å²) in [5.41, 5.74) is 16.6. The zero-order chi connectivity index (χ0) is 53.5. The van der Waals surface area contributed by atoms with E-state index >= 15 is 0 Å². The summed E-state index contributed by atoms with van der Waals surface area (Å²) < 4.78 is 0. The van der Waals surface area contributed by atoms with Gasteiger partial charge in [-0.3, -0.25) is 52.7 Å². The minimum absolute atomic E-state index is 0.0353. The number of unbranched alkanes of at least 4 members (excludes halogenated alkanes) is 1. The van der Waals surface area contributed by atoms with Gasteiger partial charge in [0.2, 0.25) is 65.0 Å². The highest BCUT2D eigenvalue weighted by Gasteiger charge is 2.40. The molecule has 9 atom stereocenters. The minimum Gasteiger partial charge on any atom is -0.480 e. The molecule has 2 aliphatic heterocycles. The standard InChI is InChI=1S/C42H71N13O14S2/c1-20(2)13-25(51-36(62)24(9-6-7-11-43)50-34(60)22(5)48-35(61)23(44)17-56)37(63)53-28-19-71-70-18-27(39(65)54-33(21(3)4)42(68)69)52-38(64)26(14-30(45)57)49-32(59)16-46-31(58)15-47-40(66)29-10-8-12-55(29)41(28)67/h20-29,33,56H,6-19,43-44H2,1-5H3,(H2,45,57)(H,46,58)(H,47,66)(H,48,61)(H,49,59)(H,50,60)(H,51,62)(H,52,64)(H,53,63)(H,54,65)(H,68,69). The molecule has 0 bridgehead atoms. The summed E-state index contributed by atoms with van der Waals surface area (Å²) in [5.74, 6) is -12.3. The van der Waals surface area contributed by atoms with Gasteiger partial charge >= 0.3 is 5.97 Å². The molecule has 11 amide bonds. The molecule has 2 heterocycles. The van der Waals surface area contributed by atoms with Gasteiger partial charge in [0.25, 0.3) is 0 Å². The molecule has 71 heavy (non-hydrogen) atoms. The number of carboxylic acid groups (broad SMARTS) is 1. The molecule has 0 aromatic heterocycles. The van der Waals surface area contributed by atoms with Crippen molar-refractivity contribution in [2.24, 2.45) is 29.0 Å². The van der Waals surface area contributed by atoms with Crippen LogP contribution >= 0.6 is 21.6 Å². The van der Waals surface area contributed by atoms with Crippen molar-refractivity contribution in [3.05, 3.63) is 0 Å². The fourth-order valence-electron chi connectivity index (χ4n) is 7.09. The Balaban J connectivity index is 2.55. The van der Waals surface area contributed by atoms with E-state index in [1.165, 1.54) is 25.7 Å². The molecular weight excluding hydrogens is 975 g/mol. The van der Waals surface area contributed by atoms with Gasteiger partial charge in [0.15, 0.2) is 0 Å². The van der Waals surface area contributed by atoms with Crippen LogP contribution in [0, 0.1) is 11.8 Å². The van der Waals surface area contributed by atoms with E-state index in [1.807, 2.05) is 0 Å². The number of aliphatic carboxylic acids is 1. The van der Waals surface area contributed by atoms with E-state index in [0.29, 0.717) is 19.3 Å². The zero-order valence-corrected chi connectivity index (χ0v) is 42.2. The molecule has 2 fully saturated rings.